The largest absolute Gasteiger partial charge is 0.475 e. The van der Waals surface area contributed by atoms with Gasteiger partial charge in [-0.3, -0.25) is 4.99 Å². The summed E-state index contributed by atoms with van der Waals surface area (Å²) in [6, 6.07) is 10.3. The maximum atomic E-state index is 13.3. The first-order valence-corrected chi connectivity index (χ1v) is 8.36. The predicted octanol–water partition coefficient (Wildman–Crippen LogP) is 3.07. The van der Waals surface area contributed by atoms with E-state index >= 15 is 0 Å². The number of guanidine groups is 1. The highest BCUT2D eigenvalue weighted by molar-refractivity contribution is 14.0. The number of benzene rings is 1. The lowest BCUT2D eigenvalue weighted by atomic mass is 10.2. The molecule has 0 aliphatic carbocycles. The van der Waals surface area contributed by atoms with Crippen molar-refractivity contribution in [2.75, 3.05) is 34.4 Å². The van der Waals surface area contributed by atoms with Crippen LogP contribution in [0.5, 0.6) is 5.88 Å². The lowest BCUT2D eigenvalue weighted by molar-refractivity contribution is 0.143. The van der Waals surface area contributed by atoms with Crippen LogP contribution in [0.25, 0.3) is 0 Å². The predicted molar refractivity (Wildman–Crippen MR) is 115 cm³/mol. The van der Waals surface area contributed by atoms with Crippen LogP contribution >= 0.6 is 24.0 Å². The molecule has 1 aromatic carbocycles. The Morgan fingerprint density at radius 3 is 2.78 bits per heavy atom. The van der Waals surface area contributed by atoms with Crippen LogP contribution in [0.1, 0.15) is 11.1 Å². The van der Waals surface area contributed by atoms with Crippen molar-refractivity contribution in [2.45, 2.75) is 13.1 Å². The van der Waals surface area contributed by atoms with Crippen molar-refractivity contribution in [1.29, 1.82) is 0 Å². The first-order chi connectivity index (χ1) is 12.6. The van der Waals surface area contributed by atoms with Crippen molar-refractivity contribution >= 4 is 29.9 Å². The zero-order chi connectivity index (χ0) is 18.8. The van der Waals surface area contributed by atoms with Gasteiger partial charge in [0, 0.05) is 46.1 Å². The van der Waals surface area contributed by atoms with E-state index in [-0.39, 0.29) is 29.8 Å². The van der Waals surface area contributed by atoms with Gasteiger partial charge in [-0.15, -0.1) is 24.0 Å². The van der Waals surface area contributed by atoms with Crippen molar-refractivity contribution in [1.82, 2.24) is 15.2 Å². The van der Waals surface area contributed by atoms with E-state index in [1.807, 2.05) is 30.1 Å². The van der Waals surface area contributed by atoms with Gasteiger partial charge in [-0.2, -0.15) is 0 Å². The maximum absolute atomic E-state index is 13.3. The molecule has 0 amide bonds. The quantitative estimate of drug-likeness (QED) is 0.268. The molecule has 0 spiro atoms. The van der Waals surface area contributed by atoms with Gasteiger partial charge in [0.2, 0.25) is 5.88 Å². The van der Waals surface area contributed by atoms with Crippen LogP contribution < -0.4 is 10.1 Å². The number of hydrogen-bond donors (Lipinski definition) is 1. The van der Waals surface area contributed by atoms with Gasteiger partial charge in [0.05, 0.1) is 6.61 Å². The Hall–Kier alpha value is -1.94. The third-order valence-electron chi connectivity index (χ3n) is 3.70. The third-order valence-corrected chi connectivity index (χ3v) is 3.70. The van der Waals surface area contributed by atoms with Crippen LogP contribution in [0, 0.1) is 5.82 Å². The Morgan fingerprint density at radius 1 is 1.26 bits per heavy atom. The summed E-state index contributed by atoms with van der Waals surface area (Å²) >= 11 is 0. The summed E-state index contributed by atoms with van der Waals surface area (Å²) in [6.07, 6.45) is 1.69. The second-order valence-electron chi connectivity index (χ2n) is 5.70. The molecule has 2 rings (SSSR count). The average Bonchev–Trinajstić information content (AvgIpc) is 2.63. The van der Waals surface area contributed by atoms with E-state index < -0.39 is 0 Å². The summed E-state index contributed by atoms with van der Waals surface area (Å²) in [5.41, 5.74) is 1.80. The standard InChI is InChI=1S/C19H25FN4O2.HI/c1-21-19(24(2)14-15-6-4-8-17(20)12-15)23-13-16-7-5-9-22-18(16)26-11-10-25-3;/h4-9,12H,10-11,13-14H2,1-3H3,(H,21,23);1H. The number of halogens is 2. The highest BCUT2D eigenvalue weighted by atomic mass is 127. The first kappa shape index (κ1) is 23.1. The summed E-state index contributed by atoms with van der Waals surface area (Å²) in [4.78, 5) is 10.5. The Bertz CT molecular complexity index is 730. The van der Waals surface area contributed by atoms with E-state index in [1.54, 1.807) is 26.4 Å². The zero-order valence-electron chi connectivity index (χ0n) is 15.8. The van der Waals surface area contributed by atoms with E-state index in [1.165, 1.54) is 12.1 Å². The number of hydrogen-bond acceptors (Lipinski definition) is 4. The summed E-state index contributed by atoms with van der Waals surface area (Å²) in [7, 11) is 5.24. The molecule has 0 saturated carbocycles. The molecular formula is C19H26FIN4O2. The van der Waals surface area contributed by atoms with Gasteiger partial charge in [-0.05, 0) is 23.8 Å². The molecule has 0 unspecified atom stereocenters. The molecule has 0 fully saturated rings. The van der Waals surface area contributed by atoms with Gasteiger partial charge in [0.25, 0.3) is 0 Å². The fourth-order valence-corrected chi connectivity index (χ4v) is 2.45. The minimum Gasteiger partial charge on any atom is -0.475 e. The smallest absolute Gasteiger partial charge is 0.218 e. The number of ether oxygens (including phenoxy) is 2. The number of aromatic nitrogens is 1. The first-order valence-electron chi connectivity index (χ1n) is 8.36. The molecule has 1 aromatic heterocycles. The Kier molecular flexibility index (Phi) is 10.6. The van der Waals surface area contributed by atoms with E-state index in [9.17, 15) is 4.39 Å². The van der Waals surface area contributed by atoms with Crippen molar-refractivity contribution in [3.8, 4) is 5.88 Å². The SMILES string of the molecule is CN=C(NCc1cccnc1OCCOC)N(C)Cc1cccc(F)c1.I. The van der Waals surface area contributed by atoms with Crippen LogP contribution in [0.4, 0.5) is 4.39 Å². The van der Waals surface area contributed by atoms with Gasteiger partial charge in [-0.1, -0.05) is 18.2 Å². The molecule has 0 aliphatic heterocycles. The normalized spacial score (nSPS) is 10.9. The number of rotatable bonds is 8. The van der Waals surface area contributed by atoms with Crippen molar-refractivity contribution in [3.63, 3.8) is 0 Å². The molecule has 0 saturated heterocycles. The van der Waals surface area contributed by atoms with E-state index in [0.717, 1.165) is 11.1 Å². The molecule has 1 heterocycles. The number of aliphatic imine (C=N–C) groups is 1. The highest BCUT2D eigenvalue weighted by Gasteiger charge is 2.10. The molecule has 148 valence electrons. The summed E-state index contributed by atoms with van der Waals surface area (Å²) in [6.45, 7) is 1.99. The molecule has 2 aromatic rings. The molecule has 0 bridgehead atoms. The number of pyridine rings is 1. The lowest BCUT2D eigenvalue weighted by Gasteiger charge is -2.22. The number of nitrogens with zero attached hydrogens (tertiary/aromatic N) is 3. The monoisotopic (exact) mass is 488 g/mol. The van der Waals surface area contributed by atoms with Crippen molar-refractivity contribution in [2.24, 2.45) is 4.99 Å². The number of methoxy groups -OCH3 is 1. The Labute approximate surface area is 176 Å². The molecule has 6 nitrogen and oxygen atoms in total. The summed E-state index contributed by atoms with van der Waals surface area (Å²) < 4.78 is 24.0. The summed E-state index contributed by atoms with van der Waals surface area (Å²) in [5.74, 6) is 1.02. The molecule has 27 heavy (non-hydrogen) atoms. The molecule has 0 atom stereocenters. The Morgan fingerprint density at radius 2 is 2.07 bits per heavy atom. The fraction of sp³-hybridized carbons (Fsp3) is 0.368. The molecule has 0 aliphatic rings. The average molecular weight is 488 g/mol. The van der Waals surface area contributed by atoms with Gasteiger partial charge in [0.15, 0.2) is 5.96 Å². The lowest BCUT2D eigenvalue weighted by Crippen LogP contribution is -2.38. The minimum atomic E-state index is -0.243. The van der Waals surface area contributed by atoms with Crippen LogP contribution in [0.2, 0.25) is 0 Å². The molecular weight excluding hydrogens is 462 g/mol. The van der Waals surface area contributed by atoms with Crippen LogP contribution in [0.3, 0.4) is 0 Å². The fourth-order valence-electron chi connectivity index (χ4n) is 2.45. The van der Waals surface area contributed by atoms with Crippen LogP contribution in [-0.4, -0.2) is 50.3 Å². The van der Waals surface area contributed by atoms with E-state index in [0.29, 0.717) is 38.1 Å². The summed E-state index contributed by atoms with van der Waals surface area (Å²) in [5, 5.41) is 3.28. The zero-order valence-corrected chi connectivity index (χ0v) is 18.1. The highest BCUT2D eigenvalue weighted by Crippen LogP contribution is 2.14. The van der Waals surface area contributed by atoms with E-state index in [4.69, 9.17) is 9.47 Å². The second kappa shape index (κ2) is 12.4. The Balaban J connectivity index is 0.00000364. The maximum Gasteiger partial charge on any atom is 0.218 e. The minimum absolute atomic E-state index is 0. The van der Waals surface area contributed by atoms with E-state index in [2.05, 4.69) is 15.3 Å². The number of nitrogens with one attached hydrogen (secondary N) is 1. The second-order valence-corrected chi connectivity index (χ2v) is 5.70. The topological polar surface area (TPSA) is 59.0 Å². The van der Waals surface area contributed by atoms with Crippen molar-refractivity contribution in [3.05, 3.63) is 59.5 Å². The molecule has 0 radical (unpaired) electrons. The molecule has 8 heteroatoms. The van der Waals surface area contributed by atoms with Gasteiger partial charge >= 0.3 is 0 Å². The van der Waals surface area contributed by atoms with Crippen molar-refractivity contribution < 1.29 is 13.9 Å². The van der Waals surface area contributed by atoms with Gasteiger partial charge in [-0.25, -0.2) is 9.37 Å². The third kappa shape index (κ3) is 7.67. The van der Waals surface area contributed by atoms with Crippen LogP contribution in [-0.2, 0) is 17.8 Å². The molecule has 1 N–H and O–H groups in total. The van der Waals surface area contributed by atoms with Gasteiger partial charge in [0.1, 0.15) is 12.4 Å². The van der Waals surface area contributed by atoms with Gasteiger partial charge < -0.3 is 19.7 Å². The van der Waals surface area contributed by atoms with Crippen LogP contribution in [0.15, 0.2) is 47.6 Å².